The molecule has 4 rings (SSSR count). The van der Waals surface area contributed by atoms with Crippen molar-refractivity contribution < 1.29 is 14.3 Å². The van der Waals surface area contributed by atoms with Crippen molar-refractivity contribution in [1.29, 1.82) is 0 Å². The molecule has 0 aliphatic carbocycles. The topological polar surface area (TPSA) is 49.9 Å². The highest BCUT2D eigenvalue weighted by molar-refractivity contribution is 5.87. The molecular weight excluding hydrogens is 316 g/mol. The lowest BCUT2D eigenvalue weighted by Crippen LogP contribution is -2.50. The number of carbonyl (C=O) groups excluding carboxylic acids is 2. The van der Waals surface area contributed by atoms with Crippen LogP contribution in [-0.2, 0) is 14.3 Å². The lowest BCUT2D eigenvalue weighted by atomic mass is 9.68. The van der Waals surface area contributed by atoms with E-state index in [4.69, 9.17) is 4.74 Å². The standard InChI is InChI=1S/C20H26N2O3/c1-21-14-16(15-6-3-2-4-7-15)20(19(21)24)9-11-22(12-10-20)18(23)17-8-5-13-25-17/h2-4,6-7,16-17H,5,8-14H2,1H3/t16?,17-/m0/s1. The molecule has 3 fully saturated rings. The number of rotatable bonds is 2. The van der Waals surface area contributed by atoms with E-state index in [1.807, 2.05) is 35.0 Å². The summed E-state index contributed by atoms with van der Waals surface area (Å²) in [6.07, 6.45) is 3.02. The number of piperidine rings is 1. The first-order valence-corrected chi connectivity index (χ1v) is 9.33. The third-order valence-corrected chi connectivity index (χ3v) is 6.27. The van der Waals surface area contributed by atoms with Gasteiger partial charge in [0.05, 0.1) is 5.41 Å². The van der Waals surface area contributed by atoms with Gasteiger partial charge in [-0.05, 0) is 31.2 Å². The van der Waals surface area contributed by atoms with Crippen LogP contribution in [-0.4, -0.2) is 61.0 Å². The number of hydrogen-bond donors (Lipinski definition) is 0. The quantitative estimate of drug-likeness (QED) is 0.826. The van der Waals surface area contributed by atoms with E-state index in [1.54, 1.807) is 0 Å². The predicted molar refractivity (Wildman–Crippen MR) is 94.0 cm³/mol. The minimum Gasteiger partial charge on any atom is -0.368 e. The largest absolute Gasteiger partial charge is 0.368 e. The van der Waals surface area contributed by atoms with Gasteiger partial charge in [0.15, 0.2) is 0 Å². The molecule has 5 nitrogen and oxygen atoms in total. The lowest BCUT2D eigenvalue weighted by molar-refractivity contribution is -0.147. The number of ether oxygens (including phenoxy) is 1. The molecule has 1 aromatic rings. The van der Waals surface area contributed by atoms with Crippen LogP contribution in [0.3, 0.4) is 0 Å². The van der Waals surface area contributed by atoms with Gasteiger partial charge in [0, 0.05) is 39.2 Å². The lowest BCUT2D eigenvalue weighted by Gasteiger charge is -2.41. The Morgan fingerprint density at radius 1 is 1.20 bits per heavy atom. The highest BCUT2D eigenvalue weighted by Crippen LogP contribution is 2.50. The van der Waals surface area contributed by atoms with Crippen molar-refractivity contribution >= 4 is 11.8 Å². The van der Waals surface area contributed by atoms with Crippen LogP contribution in [0.4, 0.5) is 0 Å². The fourth-order valence-electron chi connectivity index (χ4n) is 4.83. The maximum absolute atomic E-state index is 13.0. The number of hydrogen-bond acceptors (Lipinski definition) is 3. The van der Waals surface area contributed by atoms with Crippen molar-refractivity contribution in [2.24, 2.45) is 5.41 Å². The van der Waals surface area contributed by atoms with Crippen LogP contribution in [0.1, 0.15) is 37.2 Å². The van der Waals surface area contributed by atoms with Crippen molar-refractivity contribution in [2.75, 3.05) is 33.3 Å². The van der Waals surface area contributed by atoms with E-state index >= 15 is 0 Å². The monoisotopic (exact) mass is 342 g/mol. The molecule has 0 saturated carbocycles. The van der Waals surface area contributed by atoms with E-state index in [0.717, 1.165) is 32.2 Å². The van der Waals surface area contributed by atoms with Crippen molar-refractivity contribution in [2.45, 2.75) is 37.7 Å². The number of amides is 2. The van der Waals surface area contributed by atoms with Crippen molar-refractivity contribution in [3.63, 3.8) is 0 Å². The first-order chi connectivity index (χ1) is 12.1. The second-order valence-electron chi connectivity index (χ2n) is 7.63. The van der Waals surface area contributed by atoms with E-state index in [1.165, 1.54) is 5.56 Å². The number of nitrogens with zero attached hydrogens (tertiary/aromatic N) is 2. The minimum atomic E-state index is -0.358. The van der Waals surface area contributed by atoms with Gasteiger partial charge in [0.1, 0.15) is 6.10 Å². The summed E-state index contributed by atoms with van der Waals surface area (Å²) in [5, 5.41) is 0. The predicted octanol–water partition coefficient (Wildman–Crippen LogP) is 2.03. The van der Waals surface area contributed by atoms with E-state index in [-0.39, 0.29) is 29.3 Å². The molecule has 0 radical (unpaired) electrons. The second kappa shape index (κ2) is 6.45. The van der Waals surface area contributed by atoms with Crippen molar-refractivity contribution in [1.82, 2.24) is 9.80 Å². The molecule has 0 N–H and O–H groups in total. The average molecular weight is 342 g/mol. The summed E-state index contributed by atoms with van der Waals surface area (Å²) >= 11 is 0. The Hall–Kier alpha value is -1.88. The smallest absolute Gasteiger partial charge is 0.251 e. The van der Waals surface area contributed by atoms with Gasteiger partial charge >= 0.3 is 0 Å². The molecule has 25 heavy (non-hydrogen) atoms. The van der Waals surface area contributed by atoms with E-state index in [9.17, 15) is 9.59 Å². The van der Waals surface area contributed by atoms with Gasteiger partial charge in [-0.15, -0.1) is 0 Å². The average Bonchev–Trinajstić information content (AvgIpc) is 3.27. The zero-order valence-electron chi connectivity index (χ0n) is 14.8. The number of likely N-dealkylation sites (tertiary alicyclic amines) is 2. The fourth-order valence-corrected chi connectivity index (χ4v) is 4.83. The number of likely N-dealkylation sites (N-methyl/N-ethyl adjacent to an activating group) is 1. The molecule has 5 heteroatoms. The Morgan fingerprint density at radius 3 is 2.56 bits per heavy atom. The molecule has 0 bridgehead atoms. The summed E-state index contributed by atoms with van der Waals surface area (Å²) in [6.45, 7) is 2.76. The Morgan fingerprint density at radius 2 is 1.92 bits per heavy atom. The van der Waals surface area contributed by atoms with Gasteiger partial charge in [0.25, 0.3) is 5.91 Å². The first-order valence-electron chi connectivity index (χ1n) is 9.33. The van der Waals surface area contributed by atoms with Crippen LogP contribution >= 0.6 is 0 Å². The van der Waals surface area contributed by atoms with Gasteiger partial charge in [-0.25, -0.2) is 0 Å². The summed E-state index contributed by atoms with van der Waals surface area (Å²) in [6, 6.07) is 10.4. The summed E-state index contributed by atoms with van der Waals surface area (Å²) in [4.78, 5) is 29.4. The fraction of sp³-hybridized carbons (Fsp3) is 0.600. The third kappa shape index (κ3) is 2.74. The highest BCUT2D eigenvalue weighted by Gasteiger charge is 2.54. The molecule has 3 heterocycles. The van der Waals surface area contributed by atoms with Crippen LogP contribution in [0.2, 0.25) is 0 Å². The molecule has 1 spiro atoms. The van der Waals surface area contributed by atoms with Crippen LogP contribution in [0.5, 0.6) is 0 Å². The Balaban J connectivity index is 1.52. The minimum absolute atomic E-state index is 0.113. The van der Waals surface area contributed by atoms with E-state index < -0.39 is 0 Å². The molecular formula is C20H26N2O3. The van der Waals surface area contributed by atoms with Gasteiger partial charge in [0.2, 0.25) is 5.91 Å². The molecule has 0 aromatic heterocycles. The Bertz CT molecular complexity index is 646. The molecule has 3 aliphatic rings. The highest BCUT2D eigenvalue weighted by atomic mass is 16.5. The zero-order chi connectivity index (χ0) is 17.4. The van der Waals surface area contributed by atoms with Crippen molar-refractivity contribution in [3.8, 4) is 0 Å². The molecule has 1 unspecified atom stereocenters. The van der Waals surface area contributed by atoms with Gasteiger partial charge < -0.3 is 14.5 Å². The Kier molecular flexibility index (Phi) is 4.28. The molecule has 2 atom stereocenters. The molecule has 1 aromatic carbocycles. The van der Waals surface area contributed by atoms with Crippen LogP contribution in [0.15, 0.2) is 30.3 Å². The molecule has 2 amide bonds. The summed E-state index contributed by atoms with van der Waals surface area (Å²) in [5.41, 5.74) is 0.878. The van der Waals surface area contributed by atoms with E-state index in [0.29, 0.717) is 19.7 Å². The zero-order valence-corrected chi connectivity index (χ0v) is 14.8. The van der Waals surface area contributed by atoms with Gasteiger partial charge in [-0.3, -0.25) is 9.59 Å². The van der Waals surface area contributed by atoms with Crippen LogP contribution < -0.4 is 0 Å². The summed E-state index contributed by atoms with van der Waals surface area (Å²) in [7, 11) is 1.90. The summed E-state index contributed by atoms with van der Waals surface area (Å²) < 4.78 is 5.55. The van der Waals surface area contributed by atoms with Gasteiger partial charge in [-0.2, -0.15) is 0 Å². The SMILES string of the molecule is CN1CC(c2ccccc2)C2(CCN(C(=O)[C@@H]3CCCO3)CC2)C1=O. The van der Waals surface area contributed by atoms with Crippen molar-refractivity contribution in [3.05, 3.63) is 35.9 Å². The van der Waals surface area contributed by atoms with E-state index in [2.05, 4.69) is 12.1 Å². The van der Waals surface area contributed by atoms with Crippen LogP contribution in [0, 0.1) is 5.41 Å². The molecule has 3 saturated heterocycles. The summed E-state index contributed by atoms with van der Waals surface area (Å²) in [5.74, 6) is 0.569. The second-order valence-corrected chi connectivity index (χ2v) is 7.63. The van der Waals surface area contributed by atoms with Gasteiger partial charge in [-0.1, -0.05) is 30.3 Å². The Labute approximate surface area is 148 Å². The first kappa shape index (κ1) is 16.6. The maximum atomic E-state index is 13.0. The third-order valence-electron chi connectivity index (χ3n) is 6.27. The van der Waals surface area contributed by atoms with Crippen LogP contribution in [0.25, 0.3) is 0 Å². The number of benzene rings is 1. The number of carbonyl (C=O) groups is 2. The molecule has 3 aliphatic heterocycles. The maximum Gasteiger partial charge on any atom is 0.251 e. The normalized spacial score (nSPS) is 28.8. The molecule has 134 valence electrons.